The van der Waals surface area contributed by atoms with Gasteiger partial charge in [0.15, 0.2) is 5.11 Å². The van der Waals surface area contributed by atoms with Crippen molar-refractivity contribution in [2.45, 2.75) is 32.9 Å². The number of aryl methyl sites for hydroxylation is 1. The monoisotopic (exact) mass is 539 g/mol. The summed E-state index contributed by atoms with van der Waals surface area (Å²) in [6, 6.07) is 21.9. The minimum atomic E-state index is -0.984. The lowest BCUT2D eigenvalue weighted by Crippen LogP contribution is -2.30. The number of nitrogens with one attached hydrogen (secondary N) is 2. The van der Waals surface area contributed by atoms with E-state index in [9.17, 15) is 14.7 Å². The molecule has 39 heavy (non-hydrogen) atoms. The molecule has 0 spiro atoms. The Morgan fingerprint density at radius 2 is 1.85 bits per heavy atom. The number of hydrogen-bond acceptors (Lipinski definition) is 4. The molecule has 2 aromatic carbocycles. The Kier molecular flexibility index (Phi) is 7.17. The Labute approximate surface area is 232 Å². The lowest BCUT2D eigenvalue weighted by atomic mass is 10.00. The van der Waals surface area contributed by atoms with Crippen LogP contribution >= 0.6 is 12.2 Å². The quantitative estimate of drug-likeness (QED) is 0.261. The SMILES string of the molecule is Cc1cc(N2C(=S)N[C@H](c3ccccn3)[C@@H]2c2cccn2-c2cccc(C(=O)O)c2)ccc1NC(=O)C(C)C. The number of benzene rings is 2. The van der Waals surface area contributed by atoms with Crippen LogP contribution in [0.5, 0.6) is 0 Å². The lowest BCUT2D eigenvalue weighted by molar-refractivity contribution is -0.118. The molecule has 3 heterocycles. The molecule has 2 atom stereocenters. The van der Waals surface area contributed by atoms with E-state index in [1.54, 1.807) is 24.4 Å². The molecule has 0 unspecified atom stereocenters. The summed E-state index contributed by atoms with van der Waals surface area (Å²) in [5, 5.41) is 16.6. The molecule has 0 saturated carbocycles. The summed E-state index contributed by atoms with van der Waals surface area (Å²) in [7, 11) is 0. The van der Waals surface area contributed by atoms with Crippen molar-refractivity contribution in [2.24, 2.45) is 5.92 Å². The molecular weight excluding hydrogens is 510 g/mol. The first-order chi connectivity index (χ1) is 18.7. The largest absolute Gasteiger partial charge is 0.478 e. The number of carboxylic acid groups (broad SMARTS) is 1. The van der Waals surface area contributed by atoms with Crippen LogP contribution in [0.4, 0.5) is 11.4 Å². The molecule has 1 saturated heterocycles. The average molecular weight is 540 g/mol. The summed E-state index contributed by atoms with van der Waals surface area (Å²) in [6.07, 6.45) is 3.67. The van der Waals surface area contributed by atoms with Crippen LogP contribution in [-0.4, -0.2) is 31.6 Å². The number of pyridine rings is 1. The van der Waals surface area contributed by atoms with Gasteiger partial charge in [-0.15, -0.1) is 0 Å². The molecule has 1 aliphatic heterocycles. The van der Waals surface area contributed by atoms with E-state index in [4.69, 9.17) is 12.2 Å². The van der Waals surface area contributed by atoms with Crippen molar-refractivity contribution in [2.75, 3.05) is 10.2 Å². The van der Waals surface area contributed by atoms with E-state index in [1.807, 2.05) is 86.1 Å². The van der Waals surface area contributed by atoms with Gasteiger partial charge in [-0.3, -0.25) is 9.78 Å². The third-order valence-corrected chi connectivity index (χ3v) is 7.14. The van der Waals surface area contributed by atoms with E-state index in [0.29, 0.717) is 5.11 Å². The highest BCUT2D eigenvalue weighted by atomic mass is 32.1. The van der Waals surface area contributed by atoms with Crippen LogP contribution < -0.4 is 15.5 Å². The van der Waals surface area contributed by atoms with Gasteiger partial charge in [-0.05, 0) is 85.4 Å². The van der Waals surface area contributed by atoms with Crippen LogP contribution in [0.25, 0.3) is 5.69 Å². The number of nitrogens with zero attached hydrogens (tertiary/aromatic N) is 3. The predicted octanol–water partition coefficient (Wildman–Crippen LogP) is 5.65. The zero-order chi connectivity index (χ0) is 27.7. The third-order valence-electron chi connectivity index (χ3n) is 6.82. The van der Waals surface area contributed by atoms with Crippen molar-refractivity contribution in [3.05, 3.63) is 108 Å². The zero-order valence-electron chi connectivity index (χ0n) is 21.8. The molecule has 1 amide bonds. The molecule has 0 bridgehead atoms. The van der Waals surface area contributed by atoms with E-state index < -0.39 is 5.97 Å². The number of carbonyl (C=O) groups excluding carboxylic acids is 1. The topological polar surface area (TPSA) is 99.5 Å². The summed E-state index contributed by atoms with van der Waals surface area (Å²) in [5.41, 5.74) is 5.21. The maximum Gasteiger partial charge on any atom is 0.335 e. The molecule has 8 nitrogen and oxygen atoms in total. The van der Waals surface area contributed by atoms with Crippen molar-refractivity contribution >= 4 is 40.6 Å². The fraction of sp³-hybridized carbons (Fsp3) is 0.200. The maximum absolute atomic E-state index is 12.3. The van der Waals surface area contributed by atoms with E-state index in [2.05, 4.69) is 20.5 Å². The second-order valence-corrected chi connectivity index (χ2v) is 10.2. The Hall–Kier alpha value is -4.50. The molecule has 5 rings (SSSR count). The van der Waals surface area contributed by atoms with Gasteiger partial charge in [-0.2, -0.15) is 0 Å². The van der Waals surface area contributed by atoms with Crippen molar-refractivity contribution in [1.29, 1.82) is 0 Å². The van der Waals surface area contributed by atoms with Gasteiger partial charge in [0.25, 0.3) is 0 Å². The zero-order valence-corrected chi connectivity index (χ0v) is 22.6. The summed E-state index contributed by atoms with van der Waals surface area (Å²) in [6.45, 7) is 5.67. The van der Waals surface area contributed by atoms with E-state index in [0.717, 1.165) is 34.0 Å². The van der Waals surface area contributed by atoms with E-state index in [-0.39, 0.29) is 29.5 Å². The van der Waals surface area contributed by atoms with Gasteiger partial charge < -0.3 is 25.2 Å². The second-order valence-electron chi connectivity index (χ2n) is 9.80. The van der Waals surface area contributed by atoms with Gasteiger partial charge in [0.1, 0.15) is 6.04 Å². The van der Waals surface area contributed by atoms with Crippen molar-refractivity contribution < 1.29 is 14.7 Å². The number of aromatic nitrogens is 2. The van der Waals surface area contributed by atoms with E-state index in [1.165, 1.54) is 0 Å². The van der Waals surface area contributed by atoms with Crippen molar-refractivity contribution in [3.63, 3.8) is 0 Å². The summed E-state index contributed by atoms with van der Waals surface area (Å²) >= 11 is 5.88. The Bertz CT molecular complexity index is 1550. The highest BCUT2D eigenvalue weighted by Crippen LogP contribution is 2.43. The van der Waals surface area contributed by atoms with Crippen LogP contribution in [0.2, 0.25) is 0 Å². The summed E-state index contributed by atoms with van der Waals surface area (Å²) in [5.74, 6) is -1.16. The molecule has 3 N–H and O–H groups in total. The van der Waals surface area contributed by atoms with Crippen LogP contribution in [0.1, 0.15) is 53.2 Å². The van der Waals surface area contributed by atoms with Crippen LogP contribution in [-0.2, 0) is 4.79 Å². The standard InChI is InChI=1S/C30H29N5O3S/c1-18(2)28(36)32-23-13-12-22(16-19(23)3)35-27(26(33-30(35)39)24-10-4-5-14-31-24)25-11-7-15-34(25)21-9-6-8-20(17-21)29(37)38/h4-18,26-27H,1-3H3,(H,32,36)(H,33,39)(H,37,38)/t26-,27+/m1/s1. The first-order valence-electron chi connectivity index (χ1n) is 12.7. The van der Waals surface area contributed by atoms with Gasteiger partial charge in [0.05, 0.1) is 17.3 Å². The Morgan fingerprint density at radius 3 is 2.54 bits per heavy atom. The molecule has 1 aliphatic rings. The highest BCUT2D eigenvalue weighted by Gasteiger charge is 2.42. The molecule has 2 aromatic heterocycles. The maximum atomic E-state index is 12.3. The number of aromatic carboxylic acids is 1. The van der Waals surface area contributed by atoms with E-state index >= 15 is 0 Å². The van der Waals surface area contributed by atoms with Crippen LogP contribution in [0.15, 0.2) is 85.2 Å². The number of anilines is 2. The van der Waals surface area contributed by atoms with Crippen molar-refractivity contribution in [3.8, 4) is 5.69 Å². The molecule has 4 aromatic rings. The number of rotatable bonds is 7. The number of carbonyl (C=O) groups is 2. The first-order valence-corrected chi connectivity index (χ1v) is 13.1. The highest BCUT2D eigenvalue weighted by molar-refractivity contribution is 7.80. The average Bonchev–Trinajstić information content (AvgIpc) is 3.54. The van der Waals surface area contributed by atoms with Gasteiger partial charge in [0.2, 0.25) is 5.91 Å². The van der Waals surface area contributed by atoms with Gasteiger partial charge >= 0.3 is 5.97 Å². The summed E-state index contributed by atoms with van der Waals surface area (Å²) < 4.78 is 1.99. The van der Waals surface area contributed by atoms with Gasteiger partial charge in [0, 0.05) is 41.1 Å². The molecule has 0 aliphatic carbocycles. The van der Waals surface area contributed by atoms with Gasteiger partial charge in [-0.1, -0.05) is 26.0 Å². The fourth-order valence-electron chi connectivity index (χ4n) is 4.81. The van der Waals surface area contributed by atoms with Crippen LogP contribution in [0, 0.1) is 12.8 Å². The molecular formula is C30H29N5O3S. The molecule has 1 fully saturated rings. The number of amides is 1. The first kappa shape index (κ1) is 26.1. The molecule has 0 radical (unpaired) electrons. The Balaban J connectivity index is 1.61. The number of hydrogen-bond donors (Lipinski definition) is 3. The lowest BCUT2D eigenvalue weighted by Gasteiger charge is -2.29. The van der Waals surface area contributed by atoms with Crippen molar-refractivity contribution in [1.82, 2.24) is 14.9 Å². The number of thiocarbonyl (C=S) groups is 1. The number of carboxylic acids is 1. The normalized spacial score (nSPS) is 16.8. The molecule has 198 valence electrons. The molecule has 9 heteroatoms. The van der Waals surface area contributed by atoms with Crippen LogP contribution in [0.3, 0.4) is 0 Å². The second kappa shape index (κ2) is 10.7. The van der Waals surface area contributed by atoms with Gasteiger partial charge in [-0.25, -0.2) is 4.79 Å². The Morgan fingerprint density at radius 1 is 1.03 bits per heavy atom. The minimum Gasteiger partial charge on any atom is -0.478 e. The smallest absolute Gasteiger partial charge is 0.335 e. The third kappa shape index (κ3) is 5.13. The minimum absolute atomic E-state index is 0.0429. The summed E-state index contributed by atoms with van der Waals surface area (Å²) in [4.78, 5) is 30.6. The predicted molar refractivity (Wildman–Crippen MR) is 155 cm³/mol. The fourth-order valence-corrected chi connectivity index (χ4v) is 5.15.